The molecule has 0 saturated carbocycles. The van der Waals surface area contributed by atoms with Gasteiger partial charge in [-0.2, -0.15) is 0 Å². The van der Waals surface area contributed by atoms with Gasteiger partial charge in [0.25, 0.3) is 0 Å². The Labute approximate surface area is 104 Å². The average molecular weight is 239 g/mol. The molecule has 0 unspecified atom stereocenters. The summed E-state index contributed by atoms with van der Waals surface area (Å²) in [5.74, 6) is 1.13. The minimum absolute atomic E-state index is 0.271. The van der Waals surface area contributed by atoms with Gasteiger partial charge in [-0.25, -0.2) is 4.98 Å². The third-order valence-electron chi connectivity index (χ3n) is 2.84. The van der Waals surface area contributed by atoms with Gasteiger partial charge in [0.15, 0.2) is 0 Å². The Kier molecular flexibility index (Phi) is 2.41. The first-order valence-corrected chi connectivity index (χ1v) is 5.73. The Bertz CT molecular complexity index is 703. The second-order valence-electron chi connectivity index (χ2n) is 4.31. The van der Waals surface area contributed by atoms with Gasteiger partial charge in [0.1, 0.15) is 11.6 Å². The number of phenols is 1. The number of nitrogens with one attached hydrogen (secondary N) is 1. The average Bonchev–Trinajstić information content (AvgIpc) is 2.70. The second kappa shape index (κ2) is 4.07. The van der Waals surface area contributed by atoms with Crippen molar-refractivity contribution in [2.24, 2.45) is 0 Å². The molecule has 0 saturated heterocycles. The van der Waals surface area contributed by atoms with Crippen LogP contribution in [-0.4, -0.2) is 15.1 Å². The number of rotatable bonds is 2. The molecule has 0 spiro atoms. The summed E-state index contributed by atoms with van der Waals surface area (Å²) >= 11 is 0. The number of phenolic OH excluding ortho intramolecular Hbond substituents is 1. The van der Waals surface area contributed by atoms with Gasteiger partial charge >= 0.3 is 0 Å². The molecule has 0 radical (unpaired) electrons. The van der Waals surface area contributed by atoms with Crippen molar-refractivity contribution in [3.8, 4) is 5.75 Å². The quantitative estimate of drug-likeness (QED) is 0.601. The van der Waals surface area contributed by atoms with Crippen molar-refractivity contribution in [2.75, 3.05) is 5.73 Å². The van der Waals surface area contributed by atoms with Crippen LogP contribution in [0.3, 0.4) is 0 Å². The van der Waals surface area contributed by atoms with E-state index in [2.05, 4.69) is 9.97 Å². The number of aromatic hydroxyl groups is 1. The Morgan fingerprint density at radius 3 is 2.89 bits per heavy atom. The van der Waals surface area contributed by atoms with Gasteiger partial charge in [-0.05, 0) is 35.9 Å². The predicted molar refractivity (Wildman–Crippen MR) is 71.4 cm³/mol. The fourth-order valence-corrected chi connectivity index (χ4v) is 2.02. The maximum atomic E-state index is 9.42. The van der Waals surface area contributed by atoms with Crippen LogP contribution in [0.2, 0.25) is 0 Å². The molecule has 4 nitrogen and oxygen atoms in total. The summed E-state index contributed by atoms with van der Waals surface area (Å²) in [6, 6.07) is 12.8. The van der Waals surface area contributed by atoms with Gasteiger partial charge in [-0.1, -0.05) is 12.1 Å². The monoisotopic (exact) mass is 239 g/mol. The molecule has 2 aromatic carbocycles. The SMILES string of the molecule is Nc1ccc2nc(Cc3cccc(O)c3)[nH]c2c1. The van der Waals surface area contributed by atoms with Crippen LogP contribution in [0.4, 0.5) is 5.69 Å². The number of fused-ring (bicyclic) bond motifs is 1. The highest BCUT2D eigenvalue weighted by atomic mass is 16.3. The van der Waals surface area contributed by atoms with E-state index in [1.807, 2.05) is 30.3 Å². The number of nitrogens with two attached hydrogens (primary N) is 1. The lowest BCUT2D eigenvalue weighted by atomic mass is 10.1. The number of imidazole rings is 1. The van der Waals surface area contributed by atoms with E-state index >= 15 is 0 Å². The number of nitrogen functional groups attached to an aromatic ring is 1. The zero-order valence-corrected chi connectivity index (χ0v) is 9.72. The lowest BCUT2D eigenvalue weighted by molar-refractivity contribution is 0.474. The van der Waals surface area contributed by atoms with Gasteiger partial charge in [0, 0.05) is 12.1 Å². The normalized spacial score (nSPS) is 10.9. The minimum atomic E-state index is 0.271. The van der Waals surface area contributed by atoms with Crippen LogP contribution in [0.25, 0.3) is 11.0 Å². The highest BCUT2D eigenvalue weighted by Gasteiger charge is 2.04. The zero-order chi connectivity index (χ0) is 12.5. The maximum Gasteiger partial charge on any atom is 0.115 e. The van der Waals surface area contributed by atoms with E-state index in [0.717, 1.165) is 28.1 Å². The van der Waals surface area contributed by atoms with E-state index in [9.17, 15) is 5.11 Å². The summed E-state index contributed by atoms with van der Waals surface area (Å²) in [6.45, 7) is 0. The molecular weight excluding hydrogens is 226 g/mol. The van der Waals surface area contributed by atoms with Crippen molar-refractivity contribution < 1.29 is 5.11 Å². The number of anilines is 1. The minimum Gasteiger partial charge on any atom is -0.508 e. The summed E-state index contributed by atoms with van der Waals surface area (Å²) in [5, 5.41) is 9.42. The first-order chi connectivity index (χ1) is 8.70. The van der Waals surface area contributed by atoms with Crippen LogP contribution in [-0.2, 0) is 6.42 Å². The number of aromatic amines is 1. The number of hydrogen-bond acceptors (Lipinski definition) is 3. The van der Waals surface area contributed by atoms with Gasteiger partial charge < -0.3 is 15.8 Å². The molecule has 1 heterocycles. The molecule has 0 aliphatic rings. The summed E-state index contributed by atoms with van der Waals surface area (Å²) in [7, 11) is 0. The molecule has 0 aliphatic carbocycles. The summed E-state index contributed by atoms with van der Waals surface area (Å²) in [5.41, 5.74) is 9.30. The van der Waals surface area contributed by atoms with E-state index in [1.54, 1.807) is 12.1 Å². The molecule has 0 aliphatic heterocycles. The van der Waals surface area contributed by atoms with Crippen LogP contribution < -0.4 is 5.73 Å². The zero-order valence-electron chi connectivity index (χ0n) is 9.72. The highest BCUT2D eigenvalue weighted by Crippen LogP contribution is 2.18. The maximum absolute atomic E-state index is 9.42. The van der Waals surface area contributed by atoms with Crippen molar-refractivity contribution in [3.05, 3.63) is 53.9 Å². The third kappa shape index (κ3) is 2.00. The molecule has 0 atom stereocenters. The molecule has 0 bridgehead atoms. The largest absolute Gasteiger partial charge is 0.508 e. The third-order valence-corrected chi connectivity index (χ3v) is 2.84. The number of nitrogens with zero attached hydrogens (tertiary/aromatic N) is 1. The Morgan fingerprint density at radius 1 is 1.17 bits per heavy atom. The van der Waals surface area contributed by atoms with E-state index in [-0.39, 0.29) is 5.75 Å². The predicted octanol–water partition coefficient (Wildman–Crippen LogP) is 2.44. The van der Waals surface area contributed by atoms with E-state index < -0.39 is 0 Å². The molecule has 4 N–H and O–H groups in total. The van der Waals surface area contributed by atoms with Crippen LogP contribution >= 0.6 is 0 Å². The molecule has 0 fully saturated rings. The van der Waals surface area contributed by atoms with E-state index in [4.69, 9.17) is 5.73 Å². The van der Waals surface area contributed by atoms with Gasteiger partial charge in [0.2, 0.25) is 0 Å². The van der Waals surface area contributed by atoms with Crippen LogP contribution in [0.5, 0.6) is 5.75 Å². The van der Waals surface area contributed by atoms with Crippen LogP contribution in [0, 0.1) is 0 Å². The highest BCUT2D eigenvalue weighted by molar-refractivity contribution is 5.78. The molecule has 18 heavy (non-hydrogen) atoms. The Morgan fingerprint density at radius 2 is 2.06 bits per heavy atom. The van der Waals surface area contributed by atoms with E-state index in [0.29, 0.717) is 6.42 Å². The van der Waals surface area contributed by atoms with Crippen LogP contribution in [0.1, 0.15) is 11.4 Å². The summed E-state index contributed by atoms with van der Waals surface area (Å²) in [6.07, 6.45) is 0.656. The van der Waals surface area contributed by atoms with Gasteiger partial charge in [-0.3, -0.25) is 0 Å². The lowest BCUT2D eigenvalue weighted by Crippen LogP contribution is -1.89. The topological polar surface area (TPSA) is 74.9 Å². The lowest BCUT2D eigenvalue weighted by Gasteiger charge is -1.98. The number of H-pyrrole nitrogens is 1. The summed E-state index contributed by atoms with van der Waals surface area (Å²) in [4.78, 5) is 7.72. The molecule has 3 rings (SSSR count). The molecule has 4 heteroatoms. The first-order valence-electron chi connectivity index (χ1n) is 5.73. The molecule has 0 amide bonds. The fraction of sp³-hybridized carbons (Fsp3) is 0.0714. The second-order valence-corrected chi connectivity index (χ2v) is 4.31. The molecule has 3 aromatic rings. The Balaban J connectivity index is 1.95. The van der Waals surface area contributed by atoms with E-state index in [1.165, 1.54) is 0 Å². The van der Waals surface area contributed by atoms with Crippen LogP contribution in [0.15, 0.2) is 42.5 Å². The van der Waals surface area contributed by atoms with Crippen molar-refractivity contribution >= 4 is 16.7 Å². The Hall–Kier alpha value is -2.49. The van der Waals surface area contributed by atoms with Gasteiger partial charge in [-0.15, -0.1) is 0 Å². The first kappa shape index (κ1) is 10.7. The fourth-order valence-electron chi connectivity index (χ4n) is 2.02. The van der Waals surface area contributed by atoms with Crippen molar-refractivity contribution in [2.45, 2.75) is 6.42 Å². The van der Waals surface area contributed by atoms with Gasteiger partial charge in [0.05, 0.1) is 11.0 Å². The smallest absolute Gasteiger partial charge is 0.115 e. The summed E-state index contributed by atoms with van der Waals surface area (Å²) < 4.78 is 0. The number of benzene rings is 2. The number of aromatic nitrogens is 2. The van der Waals surface area contributed by atoms with Crippen molar-refractivity contribution in [1.29, 1.82) is 0 Å². The molecular formula is C14H13N3O. The van der Waals surface area contributed by atoms with Crippen molar-refractivity contribution in [1.82, 2.24) is 9.97 Å². The standard InChI is InChI=1S/C14H13N3O/c15-10-4-5-12-13(8-10)17-14(16-12)7-9-2-1-3-11(18)6-9/h1-6,8,18H,7,15H2,(H,16,17). The van der Waals surface area contributed by atoms with Crippen molar-refractivity contribution in [3.63, 3.8) is 0 Å². The number of hydrogen-bond donors (Lipinski definition) is 3. The molecule has 1 aromatic heterocycles. The molecule has 90 valence electrons.